The van der Waals surface area contributed by atoms with Crippen LogP contribution in [0, 0.1) is 0 Å². The molecule has 0 aliphatic heterocycles. The molecule has 2 aromatic rings. The lowest BCUT2D eigenvalue weighted by molar-refractivity contribution is 0.0686. The summed E-state index contributed by atoms with van der Waals surface area (Å²) in [6.07, 6.45) is 0. The highest BCUT2D eigenvalue weighted by Gasteiger charge is 2.17. The maximum absolute atomic E-state index is 11.5. The van der Waals surface area contributed by atoms with Crippen LogP contribution < -0.4 is 0 Å². The topological polar surface area (TPSA) is 73.0 Å². The van der Waals surface area contributed by atoms with Gasteiger partial charge in [-0.05, 0) is 18.2 Å². The first-order valence-electron chi connectivity index (χ1n) is 3.81. The zero-order valence-electron chi connectivity index (χ0n) is 6.87. The molecule has 0 atom stereocenters. The molecule has 71 valence electrons. The second-order valence-corrected chi connectivity index (χ2v) is 3.26. The SMILES string of the molecule is [O]c1c(C(=O)O)[nH]c2ccc(Cl)cc12. The van der Waals surface area contributed by atoms with Gasteiger partial charge < -0.3 is 10.1 Å². The number of nitrogens with one attached hydrogen (secondary N) is 1. The van der Waals surface area contributed by atoms with Crippen LogP contribution in [0.15, 0.2) is 18.2 Å². The molecule has 0 bridgehead atoms. The summed E-state index contributed by atoms with van der Waals surface area (Å²) in [7, 11) is 0. The van der Waals surface area contributed by atoms with E-state index < -0.39 is 11.7 Å². The molecule has 1 aromatic carbocycles. The van der Waals surface area contributed by atoms with Crippen LogP contribution in [0.4, 0.5) is 0 Å². The van der Waals surface area contributed by atoms with Crippen LogP contribution in [0.5, 0.6) is 5.75 Å². The van der Waals surface area contributed by atoms with Crippen LogP contribution in [0.3, 0.4) is 0 Å². The Morgan fingerprint density at radius 2 is 2.14 bits per heavy atom. The van der Waals surface area contributed by atoms with Crippen LogP contribution >= 0.6 is 11.6 Å². The monoisotopic (exact) mass is 210 g/mol. The van der Waals surface area contributed by atoms with E-state index in [0.717, 1.165) is 0 Å². The van der Waals surface area contributed by atoms with Crippen molar-refractivity contribution in [3.05, 3.63) is 28.9 Å². The Balaban J connectivity index is 2.80. The molecule has 0 aliphatic rings. The highest BCUT2D eigenvalue weighted by molar-refractivity contribution is 6.31. The van der Waals surface area contributed by atoms with Crippen LogP contribution in [-0.4, -0.2) is 16.1 Å². The van der Waals surface area contributed by atoms with Crippen molar-refractivity contribution >= 4 is 28.5 Å². The number of H-pyrrole nitrogens is 1. The second-order valence-electron chi connectivity index (χ2n) is 2.82. The first-order valence-corrected chi connectivity index (χ1v) is 4.19. The van der Waals surface area contributed by atoms with Gasteiger partial charge in [-0.2, -0.15) is 0 Å². The molecule has 2 rings (SSSR count). The summed E-state index contributed by atoms with van der Waals surface area (Å²) < 4.78 is 0. The molecule has 0 spiro atoms. The minimum Gasteiger partial charge on any atom is -0.476 e. The summed E-state index contributed by atoms with van der Waals surface area (Å²) in [6.45, 7) is 0. The van der Waals surface area contributed by atoms with Crippen molar-refractivity contribution in [2.45, 2.75) is 0 Å². The summed E-state index contributed by atoms with van der Waals surface area (Å²) >= 11 is 5.68. The lowest BCUT2D eigenvalue weighted by atomic mass is 10.2. The average Bonchev–Trinajstić information content (AvgIpc) is 2.44. The van der Waals surface area contributed by atoms with E-state index in [9.17, 15) is 9.90 Å². The van der Waals surface area contributed by atoms with Gasteiger partial charge in [-0.15, -0.1) is 0 Å². The largest absolute Gasteiger partial charge is 0.476 e. The van der Waals surface area contributed by atoms with Crippen molar-refractivity contribution in [1.82, 2.24) is 4.98 Å². The molecule has 0 saturated carbocycles. The lowest BCUT2D eigenvalue weighted by Crippen LogP contribution is -1.95. The summed E-state index contributed by atoms with van der Waals surface area (Å²) in [4.78, 5) is 13.1. The zero-order valence-corrected chi connectivity index (χ0v) is 7.63. The molecule has 1 heterocycles. The predicted molar refractivity (Wildman–Crippen MR) is 50.4 cm³/mol. The average molecular weight is 211 g/mol. The lowest BCUT2D eigenvalue weighted by Gasteiger charge is -1.89. The van der Waals surface area contributed by atoms with E-state index >= 15 is 0 Å². The van der Waals surface area contributed by atoms with Gasteiger partial charge in [-0.1, -0.05) is 11.6 Å². The summed E-state index contributed by atoms with van der Waals surface area (Å²) in [6, 6.07) is 4.61. The highest BCUT2D eigenvalue weighted by atomic mass is 35.5. The standard InChI is InChI=1S/C9H5ClNO3/c10-4-1-2-6-5(3-4)8(12)7(11-6)9(13)14/h1-3,11H,(H,13,14). The Hall–Kier alpha value is -1.68. The Bertz CT molecular complexity index is 518. The molecule has 2 N–H and O–H groups in total. The molecule has 1 radical (unpaired) electrons. The number of halogens is 1. The Kier molecular flexibility index (Phi) is 1.86. The zero-order chi connectivity index (χ0) is 10.3. The molecule has 4 nitrogen and oxygen atoms in total. The quantitative estimate of drug-likeness (QED) is 0.760. The molecule has 5 heteroatoms. The van der Waals surface area contributed by atoms with Crippen molar-refractivity contribution in [2.75, 3.05) is 0 Å². The van der Waals surface area contributed by atoms with Gasteiger partial charge in [0.2, 0.25) is 5.75 Å². The van der Waals surface area contributed by atoms with Gasteiger partial charge in [-0.25, -0.2) is 4.79 Å². The van der Waals surface area contributed by atoms with Crippen LogP contribution in [0.2, 0.25) is 5.02 Å². The van der Waals surface area contributed by atoms with E-state index in [1.165, 1.54) is 6.07 Å². The smallest absolute Gasteiger partial charge is 0.356 e. The first-order chi connectivity index (χ1) is 6.59. The van der Waals surface area contributed by atoms with Gasteiger partial charge in [0.15, 0.2) is 5.69 Å². The van der Waals surface area contributed by atoms with Crippen LogP contribution in [0.25, 0.3) is 10.9 Å². The third-order valence-electron chi connectivity index (χ3n) is 1.93. The molecular weight excluding hydrogens is 206 g/mol. The number of aromatic amines is 1. The van der Waals surface area contributed by atoms with E-state index in [-0.39, 0.29) is 5.69 Å². The molecule has 14 heavy (non-hydrogen) atoms. The Morgan fingerprint density at radius 3 is 2.79 bits per heavy atom. The number of aromatic carboxylic acids is 1. The number of hydrogen-bond donors (Lipinski definition) is 2. The third kappa shape index (κ3) is 1.20. The normalized spacial score (nSPS) is 10.6. The fraction of sp³-hybridized carbons (Fsp3) is 0. The van der Waals surface area contributed by atoms with Gasteiger partial charge in [0.05, 0.1) is 5.52 Å². The van der Waals surface area contributed by atoms with Crippen LogP contribution in [-0.2, 0) is 5.11 Å². The summed E-state index contributed by atoms with van der Waals surface area (Å²) in [5.74, 6) is -1.79. The number of carboxylic acid groups (broad SMARTS) is 1. The molecule has 0 fully saturated rings. The Labute approximate surface area is 83.7 Å². The van der Waals surface area contributed by atoms with E-state index in [1.54, 1.807) is 12.1 Å². The van der Waals surface area contributed by atoms with Gasteiger partial charge in [-0.3, -0.25) is 5.11 Å². The number of carboxylic acids is 1. The molecule has 0 saturated heterocycles. The second kappa shape index (κ2) is 2.92. The van der Waals surface area contributed by atoms with E-state index in [1.807, 2.05) is 0 Å². The van der Waals surface area contributed by atoms with Crippen molar-refractivity contribution in [1.29, 1.82) is 0 Å². The summed E-state index contributed by atoms with van der Waals surface area (Å²) in [5.41, 5.74) is 0.152. The first kappa shape index (κ1) is 8.90. The molecule has 1 aromatic heterocycles. The van der Waals surface area contributed by atoms with Gasteiger partial charge >= 0.3 is 5.97 Å². The van der Waals surface area contributed by atoms with Crippen molar-refractivity contribution in [3.8, 4) is 5.75 Å². The highest BCUT2D eigenvalue weighted by Crippen LogP contribution is 2.31. The third-order valence-corrected chi connectivity index (χ3v) is 2.16. The van der Waals surface area contributed by atoms with E-state index in [2.05, 4.69) is 4.98 Å². The number of aromatic nitrogens is 1. The fourth-order valence-corrected chi connectivity index (χ4v) is 1.46. The minimum absolute atomic E-state index is 0.301. The van der Waals surface area contributed by atoms with Gasteiger partial charge in [0.1, 0.15) is 0 Å². The van der Waals surface area contributed by atoms with E-state index in [4.69, 9.17) is 16.7 Å². The number of hydrogen-bond acceptors (Lipinski definition) is 1. The molecule has 0 unspecified atom stereocenters. The van der Waals surface area contributed by atoms with Crippen molar-refractivity contribution < 1.29 is 15.0 Å². The molecular formula is C9H5ClNO3. The molecule has 0 aliphatic carbocycles. The van der Waals surface area contributed by atoms with Crippen LogP contribution in [0.1, 0.15) is 10.5 Å². The maximum atomic E-state index is 11.5. The Morgan fingerprint density at radius 1 is 1.43 bits per heavy atom. The van der Waals surface area contributed by atoms with Crippen molar-refractivity contribution in [3.63, 3.8) is 0 Å². The number of fused-ring (bicyclic) bond motifs is 1. The van der Waals surface area contributed by atoms with Gasteiger partial charge in [0.25, 0.3) is 0 Å². The number of benzene rings is 1. The fourth-order valence-electron chi connectivity index (χ4n) is 1.29. The van der Waals surface area contributed by atoms with Crippen molar-refractivity contribution in [2.24, 2.45) is 0 Å². The van der Waals surface area contributed by atoms with Gasteiger partial charge in [0, 0.05) is 10.4 Å². The molecule has 0 amide bonds. The number of rotatable bonds is 1. The predicted octanol–water partition coefficient (Wildman–Crippen LogP) is 2.66. The van der Waals surface area contributed by atoms with E-state index in [0.29, 0.717) is 15.9 Å². The summed E-state index contributed by atoms with van der Waals surface area (Å²) in [5, 5.41) is 20.8. The maximum Gasteiger partial charge on any atom is 0.356 e. The minimum atomic E-state index is -1.26. The number of carbonyl (C=O) groups is 1.